The summed E-state index contributed by atoms with van der Waals surface area (Å²) in [7, 11) is 0. The van der Waals surface area contributed by atoms with E-state index in [4.69, 9.17) is 0 Å². The van der Waals surface area contributed by atoms with Crippen molar-refractivity contribution < 1.29 is 0 Å². The second-order valence-electron chi connectivity index (χ2n) is 5.04. The maximum atomic E-state index is 4.54. The van der Waals surface area contributed by atoms with Crippen LogP contribution in [-0.2, 0) is 0 Å². The quantitative estimate of drug-likeness (QED) is 0.642. The maximum Gasteiger partial charge on any atom is -0.00642 e. The molecule has 0 heterocycles. The van der Waals surface area contributed by atoms with Gasteiger partial charge in [0.15, 0.2) is 0 Å². The molecule has 4 atom stereocenters. The average molecular weight is 198 g/mol. The van der Waals surface area contributed by atoms with Crippen LogP contribution >= 0.6 is 12.6 Å². The van der Waals surface area contributed by atoms with Crippen LogP contribution in [0.25, 0.3) is 0 Å². The summed E-state index contributed by atoms with van der Waals surface area (Å²) in [4.78, 5) is 0. The van der Waals surface area contributed by atoms with E-state index in [-0.39, 0.29) is 0 Å². The predicted octanol–water partition coefficient (Wildman–Crippen LogP) is 3.77. The minimum Gasteiger partial charge on any atom is -0.179 e. The Balaban J connectivity index is 2.05. The van der Waals surface area contributed by atoms with E-state index in [0.717, 1.165) is 29.4 Å². The first-order valence-electron chi connectivity index (χ1n) is 5.96. The molecule has 1 heteroatoms. The number of hydrogen-bond acceptors (Lipinski definition) is 1. The van der Waals surface area contributed by atoms with E-state index in [0.29, 0.717) is 0 Å². The second kappa shape index (κ2) is 4.25. The van der Waals surface area contributed by atoms with Crippen LogP contribution in [0.5, 0.6) is 0 Å². The molecule has 13 heavy (non-hydrogen) atoms. The van der Waals surface area contributed by atoms with Gasteiger partial charge in [-0.25, -0.2) is 0 Å². The molecule has 4 unspecified atom stereocenters. The molecule has 0 aromatic carbocycles. The molecule has 2 bridgehead atoms. The first-order chi connectivity index (χ1) is 6.35. The lowest BCUT2D eigenvalue weighted by Gasteiger charge is -2.44. The SMILES string of the molecule is CCC1CC2CCCC(C2)C1CS. The van der Waals surface area contributed by atoms with E-state index >= 15 is 0 Å². The van der Waals surface area contributed by atoms with E-state index in [1.165, 1.54) is 38.5 Å². The fourth-order valence-corrected chi connectivity index (χ4v) is 4.29. The predicted molar refractivity (Wildman–Crippen MR) is 61.2 cm³/mol. The minimum absolute atomic E-state index is 0.949. The molecule has 0 radical (unpaired) electrons. The molecule has 0 spiro atoms. The zero-order chi connectivity index (χ0) is 9.26. The van der Waals surface area contributed by atoms with E-state index in [1.807, 2.05) is 0 Å². The zero-order valence-corrected chi connectivity index (χ0v) is 9.60. The van der Waals surface area contributed by atoms with Gasteiger partial charge in [0.25, 0.3) is 0 Å². The van der Waals surface area contributed by atoms with Gasteiger partial charge in [-0.15, -0.1) is 0 Å². The summed E-state index contributed by atoms with van der Waals surface area (Å²) in [5.74, 6) is 5.21. The standard InChI is InChI=1S/C12H22S/c1-2-10-6-9-4-3-5-11(7-9)12(10)8-13/h9-13H,2-8H2,1H3. The first-order valence-corrected chi connectivity index (χ1v) is 6.59. The molecule has 0 saturated heterocycles. The molecule has 0 amide bonds. The van der Waals surface area contributed by atoms with Crippen LogP contribution < -0.4 is 0 Å². The normalized spacial score (nSPS) is 44.8. The van der Waals surface area contributed by atoms with Crippen molar-refractivity contribution in [1.29, 1.82) is 0 Å². The van der Waals surface area contributed by atoms with Crippen molar-refractivity contribution in [2.24, 2.45) is 23.7 Å². The van der Waals surface area contributed by atoms with Gasteiger partial charge in [0.1, 0.15) is 0 Å². The summed E-state index contributed by atoms with van der Waals surface area (Å²) in [5, 5.41) is 0. The van der Waals surface area contributed by atoms with Gasteiger partial charge in [0.05, 0.1) is 0 Å². The summed E-state index contributed by atoms with van der Waals surface area (Å²) in [6.07, 6.45) is 8.94. The Morgan fingerprint density at radius 2 is 2.08 bits per heavy atom. The highest BCUT2D eigenvalue weighted by atomic mass is 32.1. The number of hydrogen-bond donors (Lipinski definition) is 1. The third kappa shape index (κ3) is 1.91. The summed E-state index contributed by atoms with van der Waals surface area (Å²) < 4.78 is 0. The Bertz CT molecular complexity index is 165. The fourth-order valence-electron chi connectivity index (χ4n) is 3.69. The molecule has 0 N–H and O–H groups in total. The summed E-state index contributed by atoms with van der Waals surface area (Å²) in [6.45, 7) is 2.36. The van der Waals surface area contributed by atoms with Crippen LogP contribution in [0.2, 0.25) is 0 Å². The van der Waals surface area contributed by atoms with Crippen LogP contribution in [0.1, 0.15) is 45.4 Å². The van der Waals surface area contributed by atoms with Gasteiger partial charge in [-0.1, -0.05) is 32.6 Å². The smallest absolute Gasteiger partial charge is 0.00642 e. The van der Waals surface area contributed by atoms with Crippen LogP contribution in [0.15, 0.2) is 0 Å². The summed E-state index contributed by atoms with van der Waals surface area (Å²) >= 11 is 4.54. The molecule has 0 aromatic heterocycles. The Morgan fingerprint density at radius 1 is 1.23 bits per heavy atom. The van der Waals surface area contributed by atoms with Gasteiger partial charge in [-0.3, -0.25) is 0 Å². The number of rotatable bonds is 2. The van der Waals surface area contributed by atoms with Gasteiger partial charge in [0.2, 0.25) is 0 Å². The highest BCUT2D eigenvalue weighted by Gasteiger charge is 2.37. The lowest BCUT2D eigenvalue weighted by molar-refractivity contribution is 0.0747. The molecule has 2 fully saturated rings. The average Bonchev–Trinajstić information content (AvgIpc) is 2.17. The second-order valence-corrected chi connectivity index (χ2v) is 5.41. The zero-order valence-electron chi connectivity index (χ0n) is 8.71. The van der Waals surface area contributed by atoms with Crippen molar-refractivity contribution >= 4 is 12.6 Å². The Morgan fingerprint density at radius 3 is 2.77 bits per heavy atom. The molecular formula is C12H22S. The number of fused-ring (bicyclic) bond motifs is 2. The fraction of sp³-hybridized carbons (Fsp3) is 1.00. The van der Waals surface area contributed by atoms with Crippen molar-refractivity contribution in [3.63, 3.8) is 0 Å². The molecule has 2 saturated carbocycles. The highest BCUT2D eigenvalue weighted by Crippen LogP contribution is 2.47. The number of thiol groups is 1. The van der Waals surface area contributed by atoms with Gasteiger partial charge in [-0.2, -0.15) is 12.6 Å². The van der Waals surface area contributed by atoms with Gasteiger partial charge < -0.3 is 0 Å². The van der Waals surface area contributed by atoms with Gasteiger partial charge in [0, 0.05) is 0 Å². The topological polar surface area (TPSA) is 0 Å². The molecular weight excluding hydrogens is 176 g/mol. The lowest BCUT2D eigenvalue weighted by Crippen LogP contribution is -2.36. The highest BCUT2D eigenvalue weighted by molar-refractivity contribution is 7.80. The molecule has 2 aliphatic carbocycles. The van der Waals surface area contributed by atoms with Crippen molar-refractivity contribution in [2.45, 2.75) is 45.4 Å². The van der Waals surface area contributed by atoms with Gasteiger partial charge >= 0.3 is 0 Å². The molecule has 0 aliphatic heterocycles. The third-order valence-electron chi connectivity index (χ3n) is 4.41. The largest absolute Gasteiger partial charge is 0.179 e. The minimum atomic E-state index is 0.949. The van der Waals surface area contributed by atoms with E-state index in [1.54, 1.807) is 0 Å². The van der Waals surface area contributed by atoms with Crippen molar-refractivity contribution in [2.75, 3.05) is 5.75 Å². The Labute approximate surface area is 87.9 Å². The molecule has 2 aliphatic rings. The molecule has 2 rings (SSSR count). The van der Waals surface area contributed by atoms with Crippen LogP contribution in [0.3, 0.4) is 0 Å². The van der Waals surface area contributed by atoms with Gasteiger partial charge in [-0.05, 0) is 42.3 Å². The maximum absolute atomic E-state index is 4.54. The van der Waals surface area contributed by atoms with Crippen LogP contribution in [0.4, 0.5) is 0 Å². The van der Waals surface area contributed by atoms with Crippen molar-refractivity contribution in [3.05, 3.63) is 0 Å². The first kappa shape index (κ1) is 9.89. The van der Waals surface area contributed by atoms with Crippen molar-refractivity contribution in [3.8, 4) is 0 Å². The Kier molecular flexibility index (Phi) is 3.23. The van der Waals surface area contributed by atoms with Crippen molar-refractivity contribution in [1.82, 2.24) is 0 Å². The molecule has 0 nitrogen and oxygen atoms in total. The van der Waals surface area contributed by atoms with Crippen LogP contribution in [0, 0.1) is 23.7 Å². The Hall–Kier alpha value is 0.350. The van der Waals surface area contributed by atoms with E-state index in [2.05, 4.69) is 19.6 Å². The van der Waals surface area contributed by atoms with Crippen LogP contribution in [-0.4, -0.2) is 5.75 Å². The summed E-state index contributed by atoms with van der Waals surface area (Å²) in [6, 6.07) is 0. The summed E-state index contributed by atoms with van der Waals surface area (Å²) in [5.41, 5.74) is 0. The van der Waals surface area contributed by atoms with E-state index in [9.17, 15) is 0 Å². The third-order valence-corrected chi connectivity index (χ3v) is 4.83. The monoisotopic (exact) mass is 198 g/mol. The molecule has 76 valence electrons. The molecule has 0 aromatic rings. The lowest BCUT2D eigenvalue weighted by atomic mass is 9.62. The van der Waals surface area contributed by atoms with E-state index < -0.39 is 0 Å².